The van der Waals surface area contributed by atoms with Gasteiger partial charge in [-0.2, -0.15) is 4.25 Å². The quantitative estimate of drug-likeness (QED) is 0.204. The van der Waals surface area contributed by atoms with Gasteiger partial charge in [-0.05, 0) is 22.3 Å². The van der Waals surface area contributed by atoms with Crippen LogP contribution in [-0.4, -0.2) is 0 Å². The highest BCUT2D eigenvalue weighted by Gasteiger charge is 2.19. The fourth-order valence-corrected chi connectivity index (χ4v) is 3.62. The normalized spacial score (nSPS) is 9.93. The van der Waals surface area contributed by atoms with E-state index in [0.29, 0.717) is 0 Å². The molecule has 4 aromatic rings. The molecule has 0 aliphatic carbocycles. The molecule has 0 aromatic heterocycles. The van der Waals surface area contributed by atoms with E-state index in [1.165, 1.54) is 0 Å². The lowest BCUT2D eigenvalue weighted by atomic mass is 9.87. The molecule has 138 valence electrons. The minimum Gasteiger partial charge on any atom is -0.263 e. The molecule has 0 radical (unpaired) electrons. The van der Waals surface area contributed by atoms with Crippen LogP contribution in [0.1, 0.15) is 16.7 Å². The van der Waals surface area contributed by atoms with E-state index < -0.39 is 0 Å². The molecule has 0 bridgehead atoms. The fraction of sp³-hybridized carbons (Fsp3) is 0. The van der Waals surface area contributed by atoms with Crippen LogP contribution in [0.4, 0.5) is 0 Å². The van der Waals surface area contributed by atoms with Crippen LogP contribution in [-0.2, 0) is 12.8 Å². The molecule has 4 aromatic carbocycles. The van der Waals surface area contributed by atoms with Gasteiger partial charge in [0.1, 0.15) is 5.57 Å². The monoisotopic (exact) mass is 389 g/mol. The topological polar surface area (TPSA) is 4.36 Å². The number of nitrogens with zero attached hydrogens (tertiary/aromatic N) is 1. The molecule has 2 heteroatoms. The van der Waals surface area contributed by atoms with Crippen molar-refractivity contribution in [1.29, 1.82) is 0 Å². The first-order valence-electron chi connectivity index (χ1n) is 9.47. The van der Waals surface area contributed by atoms with Crippen LogP contribution >= 0.6 is 0 Å². The van der Waals surface area contributed by atoms with Gasteiger partial charge in [-0.15, -0.1) is 0 Å². The van der Waals surface area contributed by atoms with Crippen molar-refractivity contribution in [1.82, 2.24) is 0 Å². The zero-order chi connectivity index (χ0) is 19.9. The van der Waals surface area contributed by atoms with E-state index in [1.54, 1.807) is 0 Å². The second kappa shape index (κ2) is 9.01. The summed E-state index contributed by atoms with van der Waals surface area (Å²) in [5, 5.41) is 0. The predicted octanol–water partition coefficient (Wildman–Crippen LogP) is 7.11. The van der Waals surface area contributed by atoms with Gasteiger partial charge < -0.3 is 0 Å². The van der Waals surface area contributed by atoms with Gasteiger partial charge in [0.2, 0.25) is 0 Å². The fourth-order valence-electron chi connectivity index (χ4n) is 3.53. The van der Waals surface area contributed by atoms with Gasteiger partial charge in [0, 0.05) is 11.1 Å². The van der Waals surface area contributed by atoms with Gasteiger partial charge in [-0.1, -0.05) is 115 Å². The van der Waals surface area contributed by atoms with E-state index in [4.69, 9.17) is 12.8 Å². The highest BCUT2D eigenvalue weighted by molar-refractivity contribution is 7.61. The summed E-state index contributed by atoms with van der Waals surface area (Å²) in [6, 6.07) is 42.5. The highest BCUT2D eigenvalue weighted by Crippen LogP contribution is 2.36. The van der Waals surface area contributed by atoms with Gasteiger partial charge in [0.15, 0.2) is 0 Å². The van der Waals surface area contributed by atoms with E-state index in [2.05, 4.69) is 77.0 Å². The first-order chi connectivity index (χ1) is 14.4. The van der Waals surface area contributed by atoms with Gasteiger partial charge in [0.25, 0.3) is 6.07 Å². The van der Waals surface area contributed by atoms with Crippen molar-refractivity contribution in [2.24, 2.45) is 0 Å². The molecule has 0 aliphatic rings. The third kappa shape index (κ3) is 4.11. The number of rotatable bonds is 4. The van der Waals surface area contributed by atoms with Crippen LogP contribution in [0, 0.1) is 6.07 Å². The second-order valence-corrected chi connectivity index (χ2v) is 6.78. The molecule has 0 unspecified atom stereocenters. The molecular formula is C27H19NS. The maximum absolute atomic E-state index is 4.99. The van der Waals surface area contributed by atoms with Crippen molar-refractivity contribution >= 4 is 24.0 Å². The third-order valence-corrected chi connectivity index (χ3v) is 4.90. The first-order valence-corrected chi connectivity index (χ1v) is 9.83. The van der Waals surface area contributed by atoms with Gasteiger partial charge in [-0.25, -0.2) is 0 Å². The lowest BCUT2D eigenvalue weighted by molar-refractivity contribution is 1.53. The average Bonchev–Trinajstić information content (AvgIpc) is 2.81. The van der Waals surface area contributed by atoms with E-state index >= 15 is 0 Å². The summed E-state index contributed by atoms with van der Waals surface area (Å²) in [5.74, 6) is 0. The van der Waals surface area contributed by atoms with Crippen molar-refractivity contribution in [3.05, 3.63) is 136 Å². The van der Waals surface area contributed by atoms with Crippen molar-refractivity contribution in [3.63, 3.8) is 0 Å². The van der Waals surface area contributed by atoms with Gasteiger partial charge in [0.05, 0.1) is 0 Å². The lowest BCUT2D eigenvalue weighted by Crippen LogP contribution is -1.96. The van der Waals surface area contributed by atoms with E-state index in [9.17, 15) is 0 Å². The van der Waals surface area contributed by atoms with Crippen LogP contribution < -0.4 is 0 Å². The van der Waals surface area contributed by atoms with Crippen molar-refractivity contribution in [2.45, 2.75) is 0 Å². The molecule has 4 rings (SSSR count). The Kier molecular flexibility index (Phi) is 5.81. The zero-order valence-corrected chi connectivity index (χ0v) is 16.6. The standard InChI is InChI=1S/C27H19NS/c29-28-20-26(25-19-11-10-18-24(25)21-12-4-1-5-13-21)27(22-14-6-2-7-15-22)23-16-8-3-9-17-23/h1-19H. The Hall–Kier alpha value is -3.67. The van der Waals surface area contributed by atoms with Crippen molar-refractivity contribution in [2.75, 3.05) is 0 Å². The molecule has 0 N–H and O–H groups in total. The predicted molar refractivity (Wildman–Crippen MR) is 125 cm³/mol. The maximum atomic E-state index is 4.99. The summed E-state index contributed by atoms with van der Waals surface area (Å²) in [7, 11) is 0. The van der Waals surface area contributed by atoms with Crippen LogP contribution in [0.5, 0.6) is 0 Å². The van der Waals surface area contributed by atoms with E-state index in [0.717, 1.165) is 39.0 Å². The van der Waals surface area contributed by atoms with Crippen LogP contribution in [0.2, 0.25) is 0 Å². The summed E-state index contributed by atoms with van der Waals surface area (Å²) in [4.78, 5) is 0. The molecule has 29 heavy (non-hydrogen) atoms. The van der Waals surface area contributed by atoms with Crippen LogP contribution in [0.25, 0.3) is 26.5 Å². The third-order valence-electron chi connectivity index (χ3n) is 4.81. The molecule has 0 heterocycles. The Bertz CT molecular complexity index is 1140. The minimum atomic E-state index is 0.886. The summed E-state index contributed by atoms with van der Waals surface area (Å²) < 4.78 is 3.89. The van der Waals surface area contributed by atoms with E-state index in [-0.39, 0.29) is 0 Å². The number of benzene rings is 4. The Morgan fingerprint density at radius 2 is 1.07 bits per heavy atom. The first kappa shape index (κ1) is 18.7. The molecule has 0 atom stereocenters. The Labute approximate surface area is 177 Å². The summed E-state index contributed by atoms with van der Waals surface area (Å²) in [5.41, 5.74) is 7.46. The minimum absolute atomic E-state index is 0.886. The molecule has 0 spiro atoms. The summed E-state index contributed by atoms with van der Waals surface area (Å²) in [6.45, 7) is 0. The molecule has 0 fully saturated rings. The van der Waals surface area contributed by atoms with Crippen molar-refractivity contribution in [3.8, 4) is 17.2 Å². The lowest BCUT2D eigenvalue weighted by Gasteiger charge is -2.14. The Morgan fingerprint density at radius 3 is 1.62 bits per heavy atom. The molecule has 0 amide bonds. The number of hydrogen-bond acceptors (Lipinski definition) is 1. The molecule has 1 nitrogen and oxygen atoms in total. The Morgan fingerprint density at radius 1 is 0.586 bits per heavy atom. The number of hydrogen-bond donors (Lipinski definition) is 0. The van der Waals surface area contributed by atoms with Crippen LogP contribution in [0.15, 0.2) is 115 Å². The SMILES string of the molecule is [S-][N+]#CC(=C(c1ccccc1)c1ccccc1)c1ccccc1-c1ccccc1. The summed E-state index contributed by atoms with van der Waals surface area (Å²) >= 11 is 4.99. The van der Waals surface area contributed by atoms with Crippen molar-refractivity contribution < 1.29 is 0 Å². The van der Waals surface area contributed by atoms with Gasteiger partial charge >= 0.3 is 0 Å². The molecule has 0 saturated carbocycles. The van der Waals surface area contributed by atoms with Crippen LogP contribution in [0.3, 0.4) is 0 Å². The maximum Gasteiger partial charge on any atom is 0.292 e. The second-order valence-electron chi connectivity index (χ2n) is 6.60. The largest absolute Gasteiger partial charge is 0.292 e. The summed E-state index contributed by atoms with van der Waals surface area (Å²) in [6.07, 6.45) is 0. The average molecular weight is 390 g/mol. The van der Waals surface area contributed by atoms with E-state index in [1.807, 2.05) is 48.5 Å². The highest BCUT2D eigenvalue weighted by atomic mass is 32.1. The molecule has 0 saturated heterocycles. The molecular weight excluding hydrogens is 370 g/mol. The Balaban J connectivity index is 2.06. The molecule has 0 aliphatic heterocycles. The number of allylic oxidation sites excluding steroid dienone is 1. The smallest absolute Gasteiger partial charge is 0.263 e. The zero-order valence-electron chi connectivity index (χ0n) is 15.8. The van der Waals surface area contributed by atoms with Gasteiger partial charge in [-0.3, -0.25) is 12.8 Å².